The Morgan fingerprint density at radius 1 is 1.59 bits per heavy atom. The van der Waals surface area contributed by atoms with E-state index in [2.05, 4.69) is 42.2 Å². The van der Waals surface area contributed by atoms with E-state index in [9.17, 15) is 0 Å². The lowest BCUT2D eigenvalue weighted by atomic mass is 10.2. The molecular weight excluding hydrogens is 214 g/mol. The van der Waals surface area contributed by atoms with E-state index in [0.717, 1.165) is 13.1 Å². The van der Waals surface area contributed by atoms with Crippen LogP contribution in [0.1, 0.15) is 19.4 Å². The van der Waals surface area contributed by atoms with Crippen LogP contribution in [0.2, 0.25) is 0 Å². The predicted octanol–water partition coefficient (Wildman–Crippen LogP) is 1.29. The van der Waals surface area contributed by atoms with Gasteiger partial charge in [-0.05, 0) is 27.0 Å². The molecule has 0 amide bonds. The van der Waals surface area contributed by atoms with Gasteiger partial charge in [-0.15, -0.1) is 0 Å². The number of likely N-dealkylation sites (N-methyl/N-ethyl adjacent to an activating group) is 1. The van der Waals surface area contributed by atoms with Gasteiger partial charge in [-0.2, -0.15) is 5.26 Å². The summed E-state index contributed by atoms with van der Waals surface area (Å²) in [6.45, 7) is 5.93. The topological polar surface area (TPSA) is 78.0 Å². The van der Waals surface area contributed by atoms with Gasteiger partial charge < -0.3 is 16.0 Å². The first kappa shape index (κ1) is 13.3. The van der Waals surface area contributed by atoms with Crippen molar-refractivity contribution in [2.45, 2.75) is 19.9 Å². The Bertz CT molecular complexity index is 408. The summed E-state index contributed by atoms with van der Waals surface area (Å²) in [7, 11) is 2.06. The van der Waals surface area contributed by atoms with Crippen molar-refractivity contribution in [2.24, 2.45) is 0 Å². The monoisotopic (exact) mass is 233 g/mol. The number of hydrogen-bond donors (Lipinski definition) is 2. The number of hydrogen-bond acceptors (Lipinski definition) is 5. The van der Waals surface area contributed by atoms with Crippen molar-refractivity contribution in [1.29, 1.82) is 5.26 Å². The quantitative estimate of drug-likeness (QED) is 0.801. The van der Waals surface area contributed by atoms with Crippen molar-refractivity contribution in [3.8, 4) is 6.07 Å². The Labute approximate surface area is 102 Å². The Morgan fingerprint density at radius 3 is 2.88 bits per heavy atom. The lowest BCUT2D eigenvalue weighted by molar-refractivity contribution is 0.284. The van der Waals surface area contributed by atoms with Gasteiger partial charge in [-0.3, -0.25) is 0 Å². The molecule has 5 nitrogen and oxygen atoms in total. The van der Waals surface area contributed by atoms with Crippen LogP contribution in [-0.4, -0.2) is 36.1 Å². The predicted molar refractivity (Wildman–Crippen MR) is 69.6 cm³/mol. The number of anilines is 2. The zero-order valence-corrected chi connectivity index (χ0v) is 10.6. The average molecular weight is 233 g/mol. The van der Waals surface area contributed by atoms with Gasteiger partial charge in [0.15, 0.2) is 0 Å². The maximum atomic E-state index is 8.94. The molecule has 1 rings (SSSR count). The maximum Gasteiger partial charge on any atom is 0.144 e. The fraction of sp³-hybridized carbons (Fsp3) is 0.500. The molecule has 0 saturated carbocycles. The summed E-state index contributed by atoms with van der Waals surface area (Å²) in [6, 6.07) is 4.21. The third-order valence-corrected chi connectivity index (χ3v) is 2.67. The molecule has 0 radical (unpaired) electrons. The molecule has 1 heterocycles. The molecule has 5 heteroatoms. The normalized spacial score (nSPS) is 10.6. The summed E-state index contributed by atoms with van der Waals surface area (Å²) in [4.78, 5) is 6.33. The number of nitrogens with one attached hydrogen (secondary N) is 1. The standard InChI is InChI=1S/C12H19N5/c1-9(2)17(3)5-4-15-12-10(7-13)6-11(14)8-16-12/h6,8-9H,4-5,14H2,1-3H3,(H,15,16). The highest BCUT2D eigenvalue weighted by Crippen LogP contribution is 2.13. The fourth-order valence-corrected chi connectivity index (χ4v) is 1.32. The molecule has 0 bridgehead atoms. The SMILES string of the molecule is CC(C)N(C)CCNc1ncc(N)cc1C#N. The Morgan fingerprint density at radius 2 is 2.29 bits per heavy atom. The highest BCUT2D eigenvalue weighted by atomic mass is 15.1. The van der Waals surface area contributed by atoms with Crippen molar-refractivity contribution in [3.63, 3.8) is 0 Å². The van der Waals surface area contributed by atoms with Gasteiger partial charge in [0, 0.05) is 19.1 Å². The summed E-state index contributed by atoms with van der Waals surface area (Å²) in [5.41, 5.74) is 6.56. The molecule has 0 aliphatic carbocycles. The van der Waals surface area contributed by atoms with Crippen LogP contribution < -0.4 is 11.1 Å². The molecule has 0 saturated heterocycles. The minimum Gasteiger partial charge on any atom is -0.397 e. The van der Waals surface area contributed by atoms with E-state index in [4.69, 9.17) is 11.0 Å². The van der Waals surface area contributed by atoms with Crippen LogP contribution in [0.3, 0.4) is 0 Å². The summed E-state index contributed by atoms with van der Waals surface area (Å²) in [5, 5.41) is 12.1. The number of pyridine rings is 1. The molecule has 0 spiro atoms. The van der Waals surface area contributed by atoms with Crippen molar-refractivity contribution in [1.82, 2.24) is 9.88 Å². The van der Waals surface area contributed by atoms with Crippen molar-refractivity contribution in [3.05, 3.63) is 17.8 Å². The van der Waals surface area contributed by atoms with Gasteiger partial charge in [-0.1, -0.05) is 0 Å². The number of nitrogens with zero attached hydrogens (tertiary/aromatic N) is 3. The average Bonchev–Trinajstić information content (AvgIpc) is 2.30. The van der Waals surface area contributed by atoms with Crippen molar-refractivity contribution in [2.75, 3.05) is 31.2 Å². The number of nitrogen functional groups attached to an aromatic ring is 1. The van der Waals surface area contributed by atoms with Crippen molar-refractivity contribution < 1.29 is 0 Å². The van der Waals surface area contributed by atoms with Gasteiger partial charge in [0.1, 0.15) is 11.9 Å². The van der Waals surface area contributed by atoms with Gasteiger partial charge in [-0.25, -0.2) is 4.98 Å². The number of nitrogens with two attached hydrogens (primary N) is 1. The van der Waals surface area contributed by atoms with Crippen LogP contribution in [0.4, 0.5) is 11.5 Å². The number of aromatic nitrogens is 1. The van der Waals surface area contributed by atoms with Crippen LogP contribution >= 0.6 is 0 Å². The second kappa shape index (κ2) is 6.06. The third-order valence-electron chi connectivity index (χ3n) is 2.67. The molecule has 0 aliphatic rings. The molecular formula is C12H19N5. The molecule has 17 heavy (non-hydrogen) atoms. The van der Waals surface area contributed by atoms with E-state index in [-0.39, 0.29) is 0 Å². The van der Waals surface area contributed by atoms with Gasteiger partial charge >= 0.3 is 0 Å². The van der Waals surface area contributed by atoms with E-state index in [1.54, 1.807) is 12.3 Å². The zero-order chi connectivity index (χ0) is 12.8. The van der Waals surface area contributed by atoms with Crippen LogP contribution in [0.15, 0.2) is 12.3 Å². The minimum atomic E-state index is 0.484. The first-order valence-electron chi connectivity index (χ1n) is 5.64. The molecule has 1 aromatic heterocycles. The molecule has 1 aromatic rings. The molecule has 0 fully saturated rings. The van der Waals surface area contributed by atoms with Crippen molar-refractivity contribution >= 4 is 11.5 Å². The van der Waals surface area contributed by atoms with Gasteiger partial charge in [0.25, 0.3) is 0 Å². The molecule has 92 valence electrons. The Hall–Kier alpha value is -1.80. The van der Waals surface area contributed by atoms with Crippen LogP contribution in [0, 0.1) is 11.3 Å². The smallest absolute Gasteiger partial charge is 0.144 e. The molecule has 0 unspecified atom stereocenters. The first-order chi connectivity index (χ1) is 8.04. The van der Waals surface area contributed by atoms with Crippen LogP contribution in [-0.2, 0) is 0 Å². The third kappa shape index (κ3) is 3.93. The fourth-order valence-electron chi connectivity index (χ4n) is 1.32. The summed E-state index contributed by atoms with van der Waals surface area (Å²) in [5.74, 6) is 0.596. The Balaban J connectivity index is 2.55. The van der Waals surface area contributed by atoms with E-state index >= 15 is 0 Å². The summed E-state index contributed by atoms with van der Waals surface area (Å²) in [6.07, 6.45) is 1.55. The van der Waals surface area contributed by atoms with E-state index in [1.807, 2.05) is 0 Å². The molecule has 0 atom stereocenters. The van der Waals surface area contributed by atoms with E-state index in [1.165, 1.54) is 0 Å². The van der Waals surface area contributed by atoms with Crippen LogP contribution in [0.25, 0.3) is 0 Å². The van der Waals surface area contributed by atoms with Gasteiger partial charge in [0.2, 0.25) is 0 Å². The molecule has 0 aromatic carbocycles. The highest BCUT2D eigenvalue weighted by molar-refractivity contribution is 5.57. The van der Waals surface area contributed by atoms with Crippen LogP contribution in [0.5, 0.6) is 0 Å². The number of nitriles is 1. The summed E-state index contributed by atoms with van der Waals surface area (Å²) >= 11 is 0. The van der Waals surface area contributed by atoms with E-state index in [0.29, 0.717) is 23.1 Å². The molecule has 3 N–H and O–H groups in total. The second-order valence-corrected chi connectivity index (χ2v) is 4.28. The first-order valence-corrected chi connectivity index (χ1v) is 5.64. The minimum absolute atomic E-state index is 0.484. The largest absolute Gasteiger partial charge is 0.397 e. The lowest BCUT2D eigenvalue weighted by Crippen LogP contribution is -2.31. The maximum absolute atomic E-state index is 8.94. The second-order valence-electron chi connectivity index (χ2n) is 4.28. The lowest BCUT2D eigenvalue weighted by Gasteiger charge is -2.21. The summed E-state index contributed by atoms with van der Waals surface area (Å²) < 4.78 is 0. The Kier molecular flexibility index (Phi) is 4.73. The van der Waals surface area contributed by atoms with E-state index < -0.39 is 0 Å². The zero-order valence-electron chi connectivity index (χ0n) is 10.6. The highest BCUT2D eigenvalue weighted by Gasteiger charge is 2.05. The number of rotatable bonds is 5. The molecule has 0 aliphatic heterocycles. The van der Waals surface area contributed by atoms with Gasteiger partial charge in [0.05, 0.1) is 17.4 Å².